The van der Waals surface area contributed by atoms with Gasteiger partial charge in [0.25, 0.3) is 0 Å². The molecule has 2 rings (SSSR count). The molecule has 2 aromatic heterocycles. The molecule has 0 radical (unpaired) electrons. The third kappa shape index (κ3) is 1.44. The Bertz CT molecular complexity index is 471. The van der Waals surface area contributed by atoms with Gasteiger partial charge in [0.2, 0.25) is 5.56 Å². The van der Waals surface area contributed by atoms with Crippen molar-refractivity contribution in [3.8, 4) is 11.3 Å². The molecule has 0 fully saturated rings. The quantitative estimate of drug-likeness (QED) is 0.585. The maximum Gasteiger partial charge on any atom is 0.248 e. The monoisotopic (exact) mass is 176 g/mol. The number of nitrogen functional groups attached to an aromatic ring is 1. The third-order valence-corrected chi connectivity index (χ3v) is 1.68. The molecule has 0 aliphatic carbocycles. The van der Waals surface area contributed by atoms with Crippen molar-refractivity contribution >= 4 is 5.82 Å². The summed E-state index contributed by atoms with van der Waals surface area (Å²) in [5, 5.41) is 6.48. The highest BCUT2D eigenvalue weighted by atomic mass is 16.1. The van der Waals surface area contributed by atoms with E-state index in [0.717, 1.165) is 11.3 Å². The van der Waals surface area contributed by atoms with E-state index in [2.05, 4.69) is 15.2 Å². The lowest BCUT2D eigenvalue weighted by Crippen LogP contribution is -2.01. The average Bonchev–Trinajstić information content (AvgIpc) is 2.52. The van der Waals surface area contributed by atoms with Crippen LogP contribution < -0.4 is 11.3 Å². The highest BCUT2D eigenvalue weighted by molar-refractivity contribution is 5.60. The Morgan fingerprint density at radius 3 is 2.85 bits per heavy atom. The van der Waals surface area contributed by atoms with Crippen LogP contribution in [0.2, 0.25) is 0 Å². The van der Waals surface area contributed by atoms with E-state index in [4.69, 9.17) is 5.73 Å². The van der Waals surface area contributed by atoms with Crippen LogP contribution in [0.15, 0.2) is 29.2 Å². The van der Waals surface area contributed by atoms with E-state index in [1.807, 2.05) is 0 Å². The van der Waals surface area contributed by atoms with Crippen molar-refractivity contribution in [2.75, 3.05) is 5.73 Å². The summed E-state index contributed by atoms with van der Waals surface area (Å²) in [4.78, 5) is 13.5. The first-order chi connectivity index (χ1) is 6.25. The molecule has 13 heavy (non-hydrogen) atoms. The molecule has 0 atom stereocenters. The SMILES string of the molecule is Nc1cc(-c2cc[nH]c(=O)c2)[nH]n1. The van der Waals surface area contributed by atoms with E-state index < -0.39 is 0 Å². The molecule has 2 heterocycles. The molecule has 4 N–H and O–H groups in total. The smallest absolute Gasteiger partial charge is 0.248 e. The molecular weight excluding hydrogens is 168 g/mol. The van der Waals surface area contributed by atoms with Gasteiger partial charge in [-0.1, -0.05) is 0 Å². The van der Waals surface area contributed by atoms with Gasteiger partial charge in [-0.25, -0.2) is 0 Å². The summed E-state index contributed by atoms with van der Waals surface area (Å²) in [6, 6.07) is 4.93. The van der Waals surface area contributed by atoms with Gasteiger partial charge in [-0.2, -0.15) is 5.10 Å². The summed E-state index contributed by atoms with van der Waals surface area (Å²) in [5.74, 6) is 0.412. The minimum atomic E-state index is -0.148. The summed E-state index contributed by atoms with van der Waals surface area (Å²) in [5.41, 5.74) is 6.79. The van der Waals surface area contributed by atoms with Crippen LogP contribution in [-0.4, -0.2) is 15.2 Å². The molecule has 0 spiro atoms. The zero-order chi connectivity index (χ0) is 9.26. The van der Waals surface area contributed by atoms with E-state index in [-0.39, 0.29) is 5.56 Å². The number of H-pyrrole nitrogens is 2. The molecule has 0 aromatic carbocycles. The number of nitrogens with two attached hydrogens (primary N) is 1. The van der Waals surface area contributed by atoms with Crippen LogP contribution >= 0.6 is 0 Å². The molecule has 0 amide bonds. The molecule has 5 heteroatoms. The molecule has 0 unspecified atom stereocenters. The first-order valence-electron chi connectivity index (χ1n) is 3.76. The molecule has 0 bridgehead atoms. The van der Waals surface area contributed by atoms with E-state index in [9.17, 15) is 4.79 Å². The van der Waals surface area contributed by atoms with Gasteiger partial charge >= 0.3 is 0 Å². The maximum absolute atomic E-state index is 10.9. The summed E-state index contributed by atoms with van der Waals surface area (Å²) in [6.45, 7) is 0. The fourth-order valence-corrected chi connectivity index (χ4v) is 1.10. The van der Waals surface area contributed by atoms with E-state index in [1.54, 1.807) is 18.3 Å². The lowest BCUT2D eigenvalue weighted by Gasteiger charge is -1.93. The maximum atomic E-state index is 10.9. The van der Waals surface area contributed by atoms with Crippen molar-refractivity contribution in [3.63, 3.8) is 0 Å². The number of hydrogen-bond acceptors (Lipinski definition) is 3. The predicted octanol–water partition coefficient (Wildman–Crippen LogP) is 0.347. The van der Waals surface area contributed by atoms with E-state index >= 15 is 0 Å². The van der Waals surface area contributed by atoms with Gasteiger partial charge in [-0.05, 0) is 6.07 Å². The van der Waals surface area contributed by atoms with Gasteiger partial charge < -0.3 is 10.7 Å². The zero-order valence-corrected chi connectivity index (χ0v) is 6.74. The molecule has 0 aliphatic rings. The van der Waals surface area contributed by atoms with Gasteiger partial charge in [0.1, 0.15) is 5.82 Å². The second-order valence-electron chi connectivity index (χ2n) is 2.65. The zero-order valence-electron chi connectivity index (χ0n) is 6.74. The predicted molar refractivity (Wildman–Crippen MR) is 49.1 cm³/mol. The number of anilines is 1. The van der Waals surface area contributed by atoms with Gasteiger partial charge in [0.05, 0.1) is 5.69 Å². The second kappa shape index (κ2) is 2.78. The fourth-order valence-electron chi connectivity index (χ4n) is 1.10. The minimum absolute atomic E-state index is 0.148. The number of aromatic nitrogens is 3. The van der Waals surface area contributed by atoms with Gasteiger partial charge in [-0.3, -0.25) is 9.89 Å². The Morgan fingerprint density at radius 2 is 2.23 bits per heavy atom. The number of hydrogen-bond donors (Lipinski definition) is 3. The Kier molecular flexibility index (Phi) is 1.63. The molecule has 0 saturated heterocycles. The summed E-state index contributed by atoms with van der Waals surface area (Å²) < 4.78 is 0. The van der Waals surface area contributed by atoms with Crippen molar-refractivity contribution in [2.24, 2.45) is 0 Å². The van der Waals surface area contributed by atoms with Crippen molar-refractivity contribution < 1.29 is 0 Å². The van der Waals surface area contributed by atoms with Crippen LogP contribution in [0.3, 0.4) is 0 Å². The molecule has 66 valence electrons. The van der Waals surface area contributed by atoms with Crippen LogP contribution in [0.25, 0.3) is 11.3 Å². The summed E-state index contributed by atoms with van der Waals surface area (Å²) in [6.07, 6.45) is 1.58. The standard InChI is InChI=1S/C8H8N4O/c9-7-4-6(11-12-7)5-1-2-10-8(13)3-5/h1-4H,(H,10,13)(H3,9,11,12). The lowest BCUT2D eigenvalue weighted by molar-refractivity contribution is 1.10. The minimum Gasteiger partial charge on any atom is -0.382 e. The number of aromatic amines is 2. The van der Waals surface area contributed by atoms with Crippen LogP contribution in [0.4, 0.5) is 5.82 Å². The fraction of sp³-hybridized carbons (Fsp3) is 0. The molecule has 0 saturated carbocycles. The van der Waals surface area contributed by atoms with Crippen LogP contribution in [0, 0.1) is 0 Å². The highest BCUT2D eigenvalue weighted by Gasteiger charge is 2.00. The summed E-state index contributed by atoms with van der Waals surface area (Å²) in [7, 11) is 0. The van der Waals surface area contributed by atoms with Gasteiger partial charge in [0.15, 0.2) is 0 Å². The topological polar surface area (TPSA) is 87.6 Å². The van der Waals surface area contributed by atoms with Crippen molar-refractivity contribution in [2.45, 2.75) is 0 Å². The van der Waals surface area contributed by atoms with Crippen molar-refractivity contribution in [1.29, 1.82) is 0 Å². The molecular formula is C8H8N4O. The van der Waals surface area contributed by atoms with Crippen LogP contribution in [0.5, 0.6) is 0 Å². The molecule has 5 nitrogen and oxygen atoms in total. The van der Waals surface area contributed by atoms with E-state index in [0.29, 0.717) is 5.82 Å². The first kappa shape index (κ1) is 7.60. The van der Waals surface area contributed by atoms with Crippen LogP contribution in [-0.2, 0) is 0 Å². The molecule has 2 aromatic rings. The Morgan fingerprint density at radius 1 is 1.38 bits per heavy atom. The van der Waals surface area contributed by atoms with Gasteiger partial charge in [-0.15, -0.1) is 0 Å². The molecule has 0 aliphatic heterocycles. The Labute approximate surface area is 73.6 Å². The average molecular weight is 176 g/mol. The Balaban J connectivity index is 2.52. The second-order valence-corrected chi connectivity index (χ2v) is 2.65. The number of nitrogens with one attached hydrogen (secondary N) is 2. The number of rotatable bonds is 1. The lowest BCUT2D eigenvalue weighted by atomic mass is 10.2. The van der Waals surface area contributed by atoms with Crippen LogP contribution in [0.1, 0.15) is 0 Å². The number of pyridine rings is 1. The number of nitrogens with zero attached hydrogens (tertiary/aromatic N) is 1. The largest absolute Gasteiger partial charge is 0.382 e. The third-order valence-electron chi connectivity index (χ3n) is 1.68. The first-order valence-corrected chi connectivity index (χ1v) is 3.76. The highest BCUT2D eigenvalue weighted by Crippen LogP contribution is 2.15. The summed E-state index contributed by atoms with van der Waals surface area (Å²) >= 11 is 0. The van der Waals surface area contributed by atoms with Crippen molar-refractivity contribution in [1.82, 2.24) is 15.2 Å². The van der Waals surface area contributed by atoms with E-state index in [1.165, 1.54) is 6.07 Å². The Hall–Kier alpha value is -2.04. The normalized spacial score (nSPS) is 10.2. The van der Waals surface area contributed by atoms with Gasteiger partial charge in [0, 0.05) is 23.9 Å². The van der Waals surface area contributed by atoms with Crippen molar-refractivity contribution in [3.05, 3.63) is 34.7 Å².